The van der Waals surface area contributed by atoms with Crippen LogP contribution >= 0.6 is 0 Å². The molecule has 218 valence electrons. The van der Waals surface area contributed by atoms with Gasteiger partial charge >= 0.3 is 0 Å². The third kappa shape index (κ3) is 5.33. The van der Waals surface area contributed by atoms with Crippen LogP contribution in [0.1, 0.15) is 0 Å². The molecule has 0 spiro atoms. The van der Waals surface area contributed by atoms with Gasteiger partial charge in [-0.15, -0.1) is 0 Å². The lowest BCUT2D eigenvalue weighted by Crippen LogP contribution is -2.08. The molecule has 2 heterocycles. The van der Waals surface area contributed by atoms with Crippen LogP contribution in [0.4, 0.5) is 11.4 Å². The number of hydrogen-bond donors (Lipinski definition) is 0. The number of para-hydroxylation sites is 4. The quantitative estimate of drug-likeness (QED) is 0.191. The Kier molecular flexibility index (Phi) is 7.14. The number of hydrogen-bond acceptors (Lipinski definition) is 2. The van der Waals surface area contributed by atoms with Gasteiger partial charge in [0.05, 0.1) is 33.1 Å². The van der Waals surface area contributed by atoms with Crippen molar-refractivity contribution < 1.29 is 0 Å². The van der Waals surface area contributed by atoms with Crippen LogP contribution in [-0.2, 0) is 0 Å². The van der Waals surface area contributed by atoms with Crippen LogP contribution in [0.5, 0.6) is 0 Å². The average Bonchev–Trinajstić information content (AvgIpc) is 3.13. The Labute approximate surface area is 267 Å². The van der Waals surface area contributed by atoms with Gasteiger partial charge in [-0.05, 0) is 83.9 Å². The molecule has 0 amide bonds. The lowest BCUT2D eigenvalue weighted by Gasteiger charge is -2.15. The van der Waals surface area contributed by atoms with Gasteiger partial charge in [-0.1, -0.05) is 97.1 Å². The van der Waals surface area contributed by atoms with Crippen molar-refractivity contribution in [3.8, 4) is 22.5 Å². The van der Waals surface area contributed by atoms with Crippen molar-refractivity contribution in [3.63, 3.8) is 0 Å². The topological polar surface area (TPSA) is 34.6 Å². The van der Waals surface area contributed by atoms with Crippen LogP contribution in [-0.4, -0.2) is 9.13 Å². The molecule has 0 atom stereocenters. The van der Waals surface area contributed by atoms with Crippen molar-refractivity contribution in [2.24, 2.45) is 9.98 Å². The van der Waals surface area contributed by atoms with E-state index in [2.05, 4.69) is 131 Å². The number of pyridine rings is 2. The predicted molar refractivity (Wildman–Crippen MR) is 189 cm³/mol. The summed E-state index contributed by atoms with van der Waals surface area (Å²) in [5.41, 5.74) is 8.58. The molecule has 0 saturated heterocycles. The van der Waals surface area contributed by atoms with E-state index in [1.807, 2.05) is 60.7 Å². The third-order valence-electron chi connectivity index (χ3n) is 8.24. The zero-order valence-corrected chi connectivity index (χ0v) is 25.1. The molecule has 0 radical (unpaired) electrons. The first-order valence-electron chi connectivity index (χ1n) is 15.4. The van der Waals surface area contributed by atoms with E-state index >= 15 is 0 Å². The van der Waals surface area contributed by atoms with E-state index in [1.54, 1.807) is 0 Å². The van der Waals surface area contributed by atoms with E-state index in [0.717, 1.165) is 66.4 Å². The van der Waals surface area contributed by atoms with Crippen LogP contribution in [0.25, 0.3) is 44.3 Å². The van der Waals surface area contributed by atoms with Crippen LogP contribution in [0.2, 0.25) is 0 Å². The monoisotopic (exact) mass is 590 g/mol. The van der Waals surface area contributed by atoms with E-state index < -0.39 is 0 Å². The fourth-order valence-electron chi connectivity index (χ4n) is 6.03. The smallest absolute Gasteiger partial charge is 0.0745 e. The second kappa shape index (κ2) is 12.0. The van der Waals surface area contributed by atoms with Crippen molar-refractivity contribution in [1.82, 2.24) is 9.13 Å². The van der Waals surface area contributed by atoms with Crippen LogP contribution in [0.3, 0.4) is 0 Å². The van der Waals surface area contributed by atoms with E-state index in [0.29, 0.717) is 0 Å². The summed E-state index contributed by atoms with van der Waals surface area (Å²) >= 11 is 0. The largest absolute Gasteiger partial charge is 0.316 e. The van der Waals surface area contributed by atoms with E-state index in [1.165, 1.54) is 0 Å². The minimum atomic E-state index is 0.943. The van der Waals surface area contributed by atoms with E-state index in [9.17, 15) is 0 Å². The van der Waals surface area contributed by atoms with Crippen LogP contribution in [0, 0.1) is 0 Å². The average molecular weight is 591 g/mol. The second-order valence-electron chi connectivity index (χ2n) is 11.2. The molecular weight excluding hydrogens is 560 g/mol. The summed E-state index contributed by atoms with van der Waals surface area (Å²) in [5, 5.41) is 4.11. The first kappa shape index (κ1) is 27.3. The summed E-state index contributed by atoms with van der Waals surface area (Å²) in [6.07, 6.45) is 4.23. The highest BCUT2D eigenvalue weighted by atomic mass is 15.0. The normalized spacial score (nSPS) is 12.2. The molecule has 0 saturated carbocycles. The highest BCUT2D eigenvalue weighted by Crippen LogP contribution is 2.27. The van der Waals surface area contributed by atoms with E-state index in [-0.39, 0.29) is 0 Å². The molecule has 0 unspecified atom stereocenters. The minimum absolute atomic E-state index is 0.943. The maximum absolute atomic E-state index is 4.93. The van der Waals surface area contributed by atoms with Gasteiger partial charge in [0.15, 0.2) is 0 Å². The second-order valence-corrected chi connectivity index (χ2v) is 11.2. The summed E-state index contributed by atoms with van der Waals surface area (Å²) in [6, 6.07) is 58.7. The first-order chi connectivity index (χ1) is 22.8. The summed E-state index contributed by atoms with van der Waals surface area (Å²) in [4.78, 5) is 9.87. The zero-order valence-electron chi connectivity index (χ0n) is 25.1. The van der Waals surface area contributed by atoms with Gasteiger partial charge in [0, 0.05) is 34.5 Å². The van der Waals surface area contributed by atoms with Gasteiger partial charge in [0.1, 0.15) is 0 Å². The number of fused-ring (bicyclic) bond motifs is 2. The molecule has 8 aromatic rings. The molecule has 0 N–H and O–H groups in total. The number of benzene rings is 6. The van der Waals surface area contributed by atoms with Gasteiger partial charge in [0.2, 0.25) is 0 Å². The molecule has 0 fully saturated rings. The number of nitrogens with zero attached hydrogens (tertiary/aromatic N) is 4. The predicted octanol–water partition coefficient (Wildman–Crippen LogP) is 9.71. The molecule has 0 aliphatic rings. The Morgan fingerprint density at radius 1 is 0.348 bits per heavy atom. The Morgan fingerprint density at radius 2 is 0.761 bits per heavy atom. The standard InChI is InChI=1S/C42H30N4/c1-3-15-33(16-4-1)43-39-25-27-45(41-23-9-7-21-37(39)41)35-19-11-13-31(29-35)32-14-12-20-36(30-32)46-28-26-40(38-22-8-10-24-42(38)46)44-34-17-5-2-6-18-34/h1-30H. The molecule has 4 heteroatoms. The fraction of sp³-hybridized carbons (Fsp3) is 0. The summed E-state index contributed by atoms with van der Waals surface area (Å²) in [6.45, 7) is 0. The number of rotatable bonds is 5. The van der Waals surface area contributed by atoms with E-state index in [4.69, 9.17) is 9.98 Å². The molecule has 4 nitrogen and oxygen atoms in total. The molecular formula is C42H30N4. The van der Waals surface area contributed by atoms with Gasteiger partial charge in [-0.3, -0.25) is 0 Å². The van der Waals surface area contributed by atoms with Crippen molar-refractivity contribution in [1.29, 1.82) is 0 Å². The minimum Gasteiger partial charge on any atom is -0.316 e. The molecule has 0 aliphatic carbocycles. The molecule has 0 bridgehead atoms. The zero-order chi connectivity index (χ0) is 30.7. The third-order valence-corrected chi connectivity index (χ3v) is 8.24. The maximum atomic E-state index is 4.93. The lowest BCUT2D eigenvalue weighted by molar-refractivity contribution is 1.09. The molecule has 8 rings (SSSR count). The molecule has 2 aromatic heterocycles. The van der Waals surface area contributed by atoms with Crippen molar-refractivity contribution in [2.45, 2.75) is 0 Å². The Balaban J connectivity index is 1.20. The molecule has 0 aliphatic heterocycles. The summed E-state index contributed by atoms with van der Waals surface area (Å²) in [5.74, 6) is 0. The maximum Gasteiger partial charge on any atom is 0.0745 e. The van der Waals surface area contributed by atoms with Crippen LogP contribution < -0.4 is 10.7 Å². The summed E-state index contributed by atoms with van der Waals surface area (Å²) < 4.78 is 4.48. The highest BCUT2D eigenvalue weighted by molar-refractivity contribution is 5.82. The summed E-state index contributed by atoms with van der Waals surface area (Å²) in [7, 11) is 0. The number of aromatic nitrogens is 2. The van der Waals surface area contributed by atoms with Crippen molar-refractivity contribution in [2.75, 3.05) is 0 Å². The van der Waals surface area contributed by atoms with Gasteiger partial charge in [-0.25, -0.2) is 9.98 Å². The first-order valence-corrected chi connectivity index (χ1v) is 15.4. The van der Waals surface area contributed by atoms with Crippen LogP contribution in [0.15, 0.2) is 192 Å². The molecule has 6 aromatic carbocycles. The van der Waals surface area contributed by atoms with Crippen molar-refractivity contribution in [3.05, 3.63) is 193 Å². The Hall–Kier alpha value is -6.26. The van der Waals surface area contributed by atoms with Gasteiger partial charge in [-0.2, -0.15) is 0 Å². The lowest BCUT2D eigenvalue weighted by atomic mass is 10.0. The van der Waals surface area contributed by atoms with Gasteiger partial charge < -0.3 is 9.13 Å². The fourth-order valence-corrected chi connectivity index (χ4v) is 6.03. The van der Waals surface area contributed by atoms with Crippen molar-refractivity contribution >= 4 is 33.2 Å². The highest BCUT2D eigenvalue weighted by Gasteiger charge is 2.08. The molecule has 46 heavy (non-hydrogen) atoms. The Morgan fingerprint density at radius 3 is 1.22 bits per heavy atom. The Bertz CT molecular complexity index is 2300. The van der Waals surface area contributed by atoms with Gasteiger partial charge in [0.25, 0.3) is 0 Å². The SMILES string of the molecule is c1ccc(N=c2ccn(-c3cccc(-c4cccc(-n5ccc(=Nc6ccccc6)c6ccccc65)c4)c3)c3ccccc23)cc1.